The molecule has 1 aromatic rings. The number of aryl methyl sites for hydroxylation is 1. The zero-order valence-corrected chi connectivity index (χ0v) is 7.36. The lowest BCUT2D eigenvalue weighted by Gasteiger charge is -1.95. The van der Waals surface area contributed by atoms with E-state index in [-0.39, 0.29) is 12.0 Å². The third-order valence-corrected chi connectivity index (χ3v) is 2.18. The zero-order valence-electron chi connectivity index (χ0n) is 7.36. The van der Waals surface area contributed by atoms with Crippen molar-refractivity contribution in [2.75, 3.05) is 0 Å². The molecular formula is C10H11NO2. The molecule has 1 aromatic carbocycles. The van der Waals surface area contributed by atoms with E-state index in [2.05, 4.69) is 0 Å². The number of benzene rings is 1. The number of hydrogen-bond donors (Lipinski definition) is 1. The van der Waals surface area contributed by atoms with Gasteiger partial charge in [0.1, 0.15) is 6.10 Å². The van der Waals surface area contributed by atoms with Crippen LogP contribution in [-0.4, -0.2) is 12.0 Å². The smallest absolute Gasteiger partial charge is 0.249 e. The van der Waals surface area contributed by atoms with Crippen molar-refractivity contribution in [3.8, 4) is 0 Å². The number of hydrogen-bond acceptors (Lipinski definition) is 2. The van der Waals surface area contributed by atoms with Gasteiger partial charge in [-0.2, -0.15) is 0 Å². The van der Waals surface area contributed by atoms with Crippen LogP contribution in [0, 0.1) is 6.92 Å². The number of primary amides is 1. The molecule has 0 spiro atoms. The molecular weight excluding hydrogens is 166 g/mol. The van der Waals surface area contributed by atoms with E-state index in [1.807, 2.05) is 31.2 Å². The van der Waals surface area contributed by atoms with Crippen molar-refractivity contribution in [2.24, 2.45) is 5.73 Å². The summed E-state index contributed by atoms with van der Waals surface area (Å²) >= 11 is 0. The molecule has 1 saturated heterocycles. The van der Waals surface area contributed by atoms with E-state index in [4.69, 9.17) is 10.5 Å². The van der Waals surface area contributed by atoms with Crippen molar-refractivity contribution < 1.29 is 9.53 Å². The number of rotatable bonds is 2. The SMILES string of the molecule is Cc1ccc([C@@H]2O[C@H]2C(N)=O)cc1. The van der Waals surface area contributed by atoms with Gasteiger partial charge >= 0.3 is 0 Å². The molecule has 1 aliphatic heterocycles. The van der Waals surface area contributed by atoms with E-state index in [9.17, 15) is 4.79 Å². The number of ether oxygens (including phenoxy) is 1. The lowest BCUT2D eigenvalue weighted by molar-refractivity contribution is -0.119. The maximum atomic E-state index is 10.7. The van der Waals surface area contributed by atoms with Gasteiger partial charge < -0.3 is 10.5 Å². The standard InChI is InChI=1S/C10H11NO2/c1-6-2-4-7(5-3-6)8-9(13-8)10(11)12/h2-5,8-9H,1H3,(H2,11,12)/t8-,9+/m0/s1. The van der Waals surface area contributed by atoms with Gasteiger partial charge in [0, 0.05) is 0 Å². The van der Waals surface area contributed by atoms with Crippen LogP contribution in [-0.2, 0) is 9.53 Å². The Labute approximate surface area is 76.5 Å². The first-order valence-corrected chi connectivity index (χ1v) is 4.20. The highest BCUT2D eigenvalue weighted by molar-refractivity contribution is 5.82. The average molecular weight is 177 g/mol. The summed E-state index contributed by atoms with van der Waals surface area (Å²) in [6.45, 7) is 2.02. The fourth-order valence-corrected chi connectivity index (χ4v) is 1.34. The fraction of sp³-hybridized carbons (Fsp3) is 0.300. The van der Waals surface area contributed by atoms with Crippen molar-refractivity contribution in [3.63, 3.8) is 0 Å². The van der Waals surface area contributed by atoms with Gasteiger partial charge in [-0.3, -0.25) is 4.79 Å². The minimum Gasteiger partial charge on any atom is -0.367 e. The minimum atomic E-state index is -0.414. The van der Waals surface area contributed by atoms with Gasteiger partial charge in [0.25, 0.3) is 0 Å². The summed E-state index contributed by atoms with van der Waals surface area (Å²) in [5, 5.41) is 0. The van der Waals surface area contributed by atoms with Gasteiger partial charge in [-0.25, -0.2) is 0 Å². The molecule has 0 radical (unpaired) electrons. The highest BCUT2D eigenvalue weighted by Gasteiger charge is 2.44. The first-order chi connectivity index (χ1) is 6.18. The zero-order chi connectivity index (χ0) is 9.42. The van der Waals surface area contributed by atoms with E-state index < -0.39 is 6.10 Å². The minimum absolute atomic E-state index is 0.113. The number of carbonyl (C=O) groups excluding carboxylic acids is 1. The average Bonchev–Trinajstić information content (AvgIpc) is 2.85. The van der Waals surface area contributed by atoms with E-state index in [0.29, 0.717) is 0 Å². The molecule has 3 nitrogen and oxygen atoms in total. The second-order valence-corrected chi connectivity index (χ2v) is 3.29. The normalized spacial score (nSPS) is 25.6. The topological polar surface area (TPSA) is 55.6 Å². The molecule has 1 fully saturated rings. The molecule has 13 heavy (non-hydrogen) atoms. The van der Waals surface area contributed by atoms with Gasteiger partial charge in [-0.15, -0.1) is 0 Å². The van der Waals surface area contributed by atoms with Crippen molar-refractivity contribution >= 4 is 5.91 Å². The molecule has 0 saturated carbocycles. The quantitative estimate of drug-likeness (QED) is 0.683. The van der Waals surface area contributed by atoms with Crippen LogP contribution in [0.3, 0.4) is 0 Å². The summed E-state index contributed by atoms with van der Waals surface area (Å²) in [5.41, 5.74) is 7.31. The Hall–Kier alpha value is -1.35. The Balaban J connectivity index is 2.12. The lowest BCUT2D eigenvalue weighted by atomic mass is 10.1. The predicted molar refractivity (Wildman–Crippen MR) is 48.0 cm³/mol. The van der Waals surface area contributed by atoms with Gasteiger partial charge in [0.05, 0.1) is 0 Å². The van der Waals surface area contributed by atoms with Crippen LogP contribution in [0.15, 0.2) is 24.3 Å². The summed E-state index contributed by atoms with van der Waals surface area (Å²) < 4.78 is 5.13. The lowest BCUT2D eigenvalue weighted by Crippen LogP contribution is -2.18. The van der Waals surface area contributed by atoms with Gasteiger partial charge in [-0.05, 0) is 12.5 Å². The van der Waals surface area contributed by atoms with Gasteiger partial charge in [0.15, 0.2) is 6.10 Å². The molecule has 3 heteroatoms. The van der Waals surface area contributed by atoms with Crippen molar-refractivity contribution in [3.05, 3.63) is 35.4 Å². The Morgan fingerprint density at radius 2 is 2.00 bits per heavy atom. The van der Waals surface area contributed by atoms with Crippen LogP contribution < -0.4 is 5.73 Å². The monoisotopic (exact) mass is 177 g/mol. The maximum absolute atomic E-state index is 10.7. The number of carbonyl (C=O) groups is 1. The second-order valence-electron chi connectivity index (χ2n) is 3.29. The van der Waals surface area contributed by atoms with Crippen LogP contribution in [0.4, 0.5) is 0 Å². The van der Waals surface area contributed by atoms with Crippen molar-refractivity contribution in [1.29, 1.82) is 0 Å². The molecule has 2 rings (SSSR count). The largest absolute Gasteiger partial charge is 0.367 e. The Morgan fingerprint density at radius 3 is 2.46 bits per heavy atom. The summed E-state index contributed by atoms with van der Waals surface area (Å²) in [6.07, 6.45) is -0.527. The van der Waals surface area contributed by atoms with Crippen LogP contribution in [0.5, 0.6) is 0 Å². The number of nitrogens with two attached hydrogens (primary N) is 1. The third-order valence-electron chi connectivity index (χ3n) is 2.18. The molecule has 1 amide bonds. The molecule has 1 heterocycles. The Bertz CT molecular complexity index is 331. The summed E-state index contributed by atoms with van der Waals surface area (Å²) in [5.74, 6) is -0.384. The molecule has 0 aliphatic carbocycles. The first kappa shape index (κ1) is 8.26. The van der Waals surface area contributed by atoms with Gasteiger partial charge in [-0.1, -0.05) is 29.8 Å². The van der Waals surface area contributed by atoms with E-state index in [1.165, 1.54) is 5.56 Å². The predicted octanol–water partition coefficient (Wildman–Crippen LogP) is 0.920. The molecule has 0 bridgehead atoms. The fourth-order valence-electron chi connectivity index (χ4n) is 1.34. The van der Waals surface area contributed by atoms with E-state index in [1.54, 1.807) is 0 Å². The molecule has 0 unspecified atom stereocenters. The Kier molecular flexibility index (Phi) is 1.81. The van der Waals surface area contributed by atoms with Crippen LogP contribution in [0.2, 0.25) is 0 Å². The Morgan fingerprint density at radius 1 is 1.38 bits per heavy atom. The van der Waals surface area contributed by atoms with E-state index >= 15 is 0 Å². The first-order valence-electron chi connectivity index (χ1n) is 4.20. The molecule has 68 valence electrons. The summed E-state index contributed by atoms with van der Waals surface area (Å²) in [7, 11) is 0. The van der Waals surface area contributed by atoms with E-state index in [0.717, 1.165) is 5.56 Å². The van der Waals surface area contributed by atoms with Crippen molar-refractivity contribution in [2.45, 2.75) is 19.1 Å². The van der Waals surface area contributed by atoms with Gasteiger partial charge in [0.2, 0.25) is 5.91 Å². The maximum Gasteiger partial charge on any atom is 0.249 e. The number of epoxide rings is 1. The van der Waals surface area contributed by atoms with Crippen molar-refractivity contribution in [1.82, 2.24) is 0 Å². The number of amides is 1. The highest BCUT2D eigenvalue weighted by Crippen LogP contribution is 2.38. The van der Waals surface area contributed by atoms with Crippen LogP contribution in [0.1, 0.15) is 17.2 Å². The third kappa shape index (κ3) is 1.55. The molecule has 0 aromatic heterocycles. The second kappa shape index (κ2) is 2.85. The highest BCUT2D eigenvalue weighted by atomic mass is 16.6. The summed E-state index contributed by atoms with van der Waals surface area (Å²) in [4.78, 5) is 10.7. The molecule has 2 atom stereocenters. The van der Waals surface area contributed by atoms with Crippen LogP contribution >= 0.6 is 0 Å². The van der Waals surface area contributed by atoms with Crippen LogP contribution in [0.25, 0.3) is 0 Å². The molecule has 1 aliphatic rings. The molecule has 2 N–H and O–H groups in total. The summed E-state index contributed by atoms with van der Waals surface area (Å²) in [6, 6.07) is 7.91.